The van der Waals surface area contributed by atoms with Gasteiger partial charge in [0.2, 0.25) is 0 Å². The van der Waals surface area contributed by atoms with E-state index < -0.39 is 0 Å². The fourth-order valence-corrected chi connectivity index (χ4v) is 3.02. The minimum atomic E-state index is 0.555. The summed E-state index contributed by atoms with van der Waals surface area (Å²) in [5.74, 6) is 2.50. The van der Waals surface area contributed by atoms with Crippen LogP contribution in [0.25, 0.3) is 0 Å². The molecule has 3 rings (SSSR count). The van der Waals surface area contributed by atoms with Gasteiger partial charge < -0.3 is 14.8 Å². The molecule has 0 atom stereocenters. The van der Waals surface area contributed by atoms with Gasteiger partial charge in [-0.25, -0.2) is 0 Å². The summed E-state index contributed by atoms with van der Waals surface area (Å²) in [6.45, 7) is 5.42. The van der Waals surface area contributed by atoms with Gasteiger partial charge in [-0.15, -0.1) is 0 Å². The Morgan fingerprint density at radius 1 is 0.913 bits per heavy atom. The summed E-state index contributed by atoms with van der Waals surface area (Å²) < 4.78 is 11.5. The van der Waals surface area contributed by atoms with E-state index in [1.54, 1.807) is 0 Å². The van der Waals surface area contributed by atoms with Crippen molar-refractivity contribution in [2.75, 3.05) is 26.3 Å². The first-order valence-electron chi connectivity index (χ1n) is 8.44. The molecule has 1 N–H and O–H groups in total. The molecule has 2 aromatic rings. The van der Waals surface area contributed by atoms with E-state index in [9.17, 15) is 0 Å². The van der Waals surface area contributed by atoms with Crippen LogP contribution < -0.4 is 14.8 Å². The first kappa shape index (κ1) is 15.9. The van der Waals surface area contributed by atoms with E-state index in [2.05, 4.69) is 42.6 Å². The molecule has 0 unspecified atom stereocenters. The topological polar surface area (TPSA) is 30.5 Å². The molecule has 0 saturated carbocycles. The van der Waals surface area contributed by atoms with E-state index in [1.807, 2.05) is 18.2 Å². The number of benzene rings is 2. The molecule has 2 aromatic carbocycles. The molecule has 1 fully saturated rings. The molecule has 1 aliphatic rings. The van der Waals surface area contributed by atoms with E-state index in [4.69, 9.17) is 9.47 Å². The van der Waals surface area contributed by atoms with Crippen molar-refractivity contribution in [1.29, 1.82) is 0 Å². The number of piperidine rings is 1. The van der Waals surface area contributed by atoms with Crippen LogP contribution in [0.5, 0.6) is 11.5 Å². The molecular formula is C20H25NO2. The first-order valence-corrected chi connectivity index (χ1v) is 8.44. The Morgan fingerprint density at radius 2 is 1.61 bits per heavy atom. The van der Waals surface area contributed by atoms with Crippen LogP contribution in [0, 0.1) is 6.92 Å². The van der Waals surface area contributed by atoms with Gasteiger partial charge in [0.15, 0.2) is 0 Å². The third-order valence-corrected chi connectivity index (χ3v) is 4.30. The van der Waals surface area contributed by atoms with E-state index in [0.717, 1.165) is 24.6 Å². The van der Waals surface area contributed by atoms with Crippen molar-refractivity contribution in [3.05, 3.63) is 59.7 Å². The maximum atomic E-state index is 5.76. The van der Waals surface area contributed by atoms with Gasteiger partial charge >= 0.3 is 0 Å². The zero-order chi connectivity index (χ0) is 15.9. The molecule has 3 heteroatoms. The lowest BCUT2D eigenvalue weighted by Crippen LogP contribution is -2.26. The van der Waals surface area contributed by atoms with Crippen molar-refractivity contribution >= 4 is 0 Å². The second-order valence-electron chi connectivity index (χ2n) is 6.11. The summed E-state index contributed by atoms with van der Waals surface area (Å²) in [7, 11) is 0. The second-order valence-corrected chi connectivity index (χ2v) is 6.11. The summed E-state index contributed by atoms with van der Waals surface area (Å²) in [5, 5.41) is 3.41. The highest BCUT2D eigenvalue weighted by Gasteiger charge is 2.14. The Morgan fingerprint density at radius 3 is 2.30 bits per heavy atom. The third-order valence-electron chi connectivity index (χ3n) is 4.30. The lowest BCUT2D eigenvalue weighted by atomic mass is 9.90. The van der Waals surface area contributed by atoms with Gasteiger partial charge in [0.1, 0.15) is 24.7 Å². The summed E-state index contributed by atoms with van der Waals surface area (Å²) in [4.78, 5) is 0. The molecule has 0 bridgehead atoms. The van der Waals surface area contributed by atoms with Crippen molar-refractivity contribution in [2.24, 2.45) is 0 Å². The standard InChI is InChI=1S/C20H25NO2/c1-16-3-2-4-20(15-16)23-14-13-22-19-7-5-17(6-8-19)18-9-11-21-12-10-18/h2-8,15,18,21H,9-14H2,1H3. The molecule has 0 radical (unpaired) electrons. The molecule has 1 aliphatic heterocycles. The molecule has 122 valence electrons. The molecule has 0 amide bonds. The van der Waals surface area contributed by atoms with Crippen molar-refractivity contribution in [2.45, 2.75) is 25.7 Å². The van der Waals surface area contributed by atoms with Crippen LogP contribution in [0.4, 0.5) is 0 Å². The lowest BCUT2D eigenvalue weighted by molar-refractivity contribution is 0.217. The predicted molar refractivity (Wildman–Crippen MR) is 93.5 cm³/mol. The number of nitrogens with one attached hydrogen (secondary N) is 1. The Hall–Kier alpha value is -2.00. The molecule has 3 nitrogen and oxygen atoms in total. The van der Waals surface area contributed by atoms with E-state index in [1.165, 1.54) is 24.0 Å². The summed E-state index contributed by atoms with van der Waals surface area (Å²) >= 11 is 0. The molecular weight excluding hydrogens is 286 g/mol. The average Bonchev–Trinajstić information content (AvgIpc) is 2.60. The van der Waals surface area contributed by atoms with Crippen LogP contribution >= 0.6 is 0 Å². The normalized spacial score (nSPS) is 15.3. The first-order chi connectivity index (χ1) is 11.3. The molecule has 0 spiro atoms. The monoisotopic (exact) mass is 311 g/mol. The Bertz CT molecular complexity index is 603. The number of hydrogen-bond donors (Lipinski definition) is 1. The van der Waals surface area contributed by atoms with E-state index >= 15 is 0 Å². The molecule has 0 aliphatic carbocycles. The van der Waals surface area contributed by atoms with Crippen molar-refractivity contribution in [3.63, 3.8) is 0 Å². The van der Waals surface area contributed by atoms with Crippen LogP contribution in [0.15, 0.2) is 48.5 Å². The van der Waals surface area contributed by atoms with E-state index in [0.29, 0.717) is 19.1 Å². The predicted octanol–water partition coefficient (Wildman–Crippen LogP) is 3.92. The van der Waals surface area contributed by atoms with Crippen molar-refractivity contribution < 1.29 is 9.47 Å². The zero-order valence-electron chi connectivity index (χ0n) is 13.8. The smallest absolute Gasteiger partial charge is 0.122 e. The Balaban J connectivity index is 1.43. The van der Waals surface area contributed by atoms with Gasteiger partial charge in [-0.3, -0.25) is 0 Å². The summed E-state index contributed by atoms with van der Waals surface area (Å²) in [6.07, 6.45) is 2.45. The van der Waals surface area contributed by atoms with Gasteiger partial charge in [0.05, 0.1) is 0 Å². The number of hydrogen-bond acceptors (Lipinski definition) is 3. The summed E-state index contributed by atoms with van der Waals surface area (Å²) in [5.41, 5.74) is 2.63. The fourth-order valence-electron chi connectivity index (χ4n) is 3.02. The highest BCUT2D eigenvalue weighted by atomic mass is 16.5. The molecule has 1 heterocycles. The van der Waals surface area contributed by atoms with Gasteiger partial charge in [0, 0.05) is 0 Å². The minimum Gasteiger partial charge on any atom is -0.490 e. The van der Waals surface area contributed by atoms with Gasteiger partial charge in [-0.2, -0.15) is 0 Å². The average molecular weight is 311 g/mol. The highest BCUT2D eigenvalue weighted by Crippen LogP contribution is 2.26. The van der Waals surface area contributed by atoms with Crippen LogP contribution in [-0.4, -0.2) is 26.3 Å². The summed E-state index contributed by atoms with van der Waals surface area (Å²) in [6, 6.07) is 16.6. The highest BCUT2D eigenvalue weighted by molar-refractivity contribution is 5.30. The molecule has 1 saturated heterocycles. The fraction of sp³-hybridized carbons (Fsp3) is 0.400. The van der Waals surface area contributed by atoms with Gasteiger partial charge in [-0.1, -0.05) is 24.3 Å². The minimum absolute atomic E-state index is 0.555. The van der Waals surface area contributed by atoms with E-state index in [-0.39, 0.29) is 0 Å². The van der Waals surface area contributed by atoms with Gasteiger partial charge in [-0.05, 0) is 74.2 Å². The number of rotatable bonds is 6. The van der Waals surface area contributed by atoms with Crippen LogP contribution in [0.2, 0.25) is 0 Å². The maximum absolute atomic E-state index is 5.76. The SMILES string of the molecule is Cc1cccc(OCCOc2ccc(C3CCNCC3)cc2)c1. The number of ether oxygens (including phenoxy) is 2. The quantitative estimate of drug-likeness (QED) is 0.820. The van der Waals surface area contributed by atoms with Crippen LogP contribution in [0.3, 0.4) is 0 Å². The Kier molecular flexibility index (Phi) is 5.54. The lowest BCUT2D eigenvalue weighted by Gasteiger charge is -2.23. The maximum Gasteiger partial charge on any atom is 0.122 e. The molecule has 0 aromatic heterocycles. The van der Waals surface area contributed by atoms with Gasteiger partial charge in [0.25, 0.3) is 0 Å². The van der Waals surface area contributed by atoms with Crippen LogP contribution in [-0.2, 0) is 0 Å². The zero-order valence-corrected chi connectivity index (χ0v) is 13.8. The van der Waals surface area contributed by atoms with Crippen LogP contribution in [0.1, 0.15) is 29.9 Å². The third kappa shape index (κ3) is 4.73. The molecule has 23 heavy (non-hydrogen) atoms. The second kappa shape index (κ2) is 8.02. The largest absolute Gasteiger partial charge is 0.490 e. The Labute approximate surface area is 138 Å². The van der Waals surface area contributed by atoms with Crippen molar-refractivity contribution in [3.8, 4) is 11.5 Å². The number of aryl methyl sites for hydroxylation is 1. The van der Waals surface area contributed by atoms with Crippen molar-refractivity contribution in [1.82, 2.24) is 5.32 Å².